The number of anilines is 1. The normalized spacial score (nSPS) is 10.3. The van der Waals surface area contributed by atoms with Crippen molar-refractivity contribution in [3.63, 3.8) is 0 Å². The van der Waals surface area contributed by atoms with Crippen LogP contribution in [-0.4, -0.2) is 21.1 Å². The van der Waals surface area contributed by atoms with E-state index in [1.807, 2.05) is 0 Å². The molecule has 104 valence electrons. The van der Waals surface area contributed by atoms with Crippen molar-refractivity contribution in [2.75, 3.05) is 5.32 Å². The van der Waals surface area contributed by atoms with Gasteiger partial charge in [-0.3, -0.25) is 20.2 Å². The number of phenolic OH excluding ortho intramolecular Hbond substituents is 1. The highest BCUT2D eigenvalue weighted by Gasteiger charge is 2.22. The Kier molecular flexibility index (Phi) is 3.38. The van der Waals surface area contributed by atoms with Crippen LogP contribution in [0.2, 0.25) is 0 Å². The maximum atomic E-state index is 12.0. The molecule has 8 nitrogen and oxygen atoms in total. The second-order valence-corrected chi connectivity index (χ2v) is 4.11. The van der Waals surface area contributed by atoms with Crippen LogP contribution in [0.4, 0.5) is 11.6 Å². The van der Waals surface area contributed by atoms with Gasteiger partial charge in [0.15, 0.2) is 0 Å². The lowest BCUT2D eigenvalue weighted by atomic mass is 10.1. The third-order valence-electron chi connectivity index (χ3n) is 2.84. The number of nitro groups is 1. The average Bonchev–Trinajstić information content (AvgIpc) is 2.70. The van der Waals surface area contributed by atoms with Gasteiger partial charge in [0.25, 0.3) is 5.91 Å². The first-order valence-electron chi connectivity index (χ1n) is 5.62. The summed E-state index contributed by atoms with van der Waals surface area (Å²) >= 11 is 0. The Labute approximate surface area is 113 Å². The van der Waals surface area contributed by atoms with Gasteiger partial charge >= 0.3 is 5.69 Å². The molecular formula is C12H11N3O5. The van der Waals surface area contributed by atoms with E-state index in [4.69, 9.17) is 4.52 Å². The van der Waals surface area contributed by atoms with Gasteiger partial charge in [0.2, 0.25) is 11.6 Å². The fourth-order valence-corrected chi connectivity index (χ4v) is 1.56. The number of nitrogens with one attached hydrogen (secondary N) is 1. The molecule has 1 aromatic carbocycles. The molecule has 0 aliphatic heterocycles. The minimum Gasteiger partial charge on any atom is -0.502 e. The second-order valence-electron chi connectivity index (χ2n) is 4.11. The average molecular weight is 277 g/mol. The van der Waals surface area contributed by atoms with Crippen LogP contribution >= 0.6 is 0 Å². The van der Waals surface area contributed by atoms with E-state index in [1.54, 1.807) is 13.8 Å². The van der Waals surface area contributed by atoms with Crippen LogP contribution in [0.15, 0.2) is 22.7 Å². The molecule has 2 aromatic rings. The third-order valence-corrected chi connectivity index (χ3v) is 2.84. The predicted molar refractivity (Wildman–Crippen MR) is 68.7 cm³/mol. The predicted octanol–water partition coefficient (Wildman–Crippen LogP) is 2.16. The van der Waals surface area contributed by atoms with E-state index in [-0.39, 0.29) is 11.4 Å². The molecule has 2 N–H and O–H groups in total. The van der Waals surface area contributed by atoms with E-state index in [2.05, 4.69) is 10.5 Å². The highest BCUT2D eigenvalue weighted by atomic mass is 16.6. The van der Waals surface area contributed by atoms with E-state index < -0.39 is 22.3 Å². The maximum absolute atomic E-state index is 12.0. The summed E-state index contributed by atoms with van der Waals surface area (Å²) in [5.74, 6) is -1.27. The molecule has 0 aliphatic rings. The summed E-state index contributed by atoms with van der Waals surface area (Å²) in [7, 11) is 0. The third kappa shape index (κ3) is 2.30. The number of aryl methyl sites for hydroxylation is 1. The molecule has 8 heteroatoms. The molecule has 0 spiro atoms. The number of aromatic hydroxyl groups is 1. The van der Waals surface area contributed by atoms with Crippen LogP contribution in [0.5, 0.6) is 5.75 Å². The summed E-state index contributed by atoms with van der Waals surface area (Å²) in [4.78, 5) is 21.9. The molecule has 0 atom stereocenters. The number of carbonyl (C=O) groups excluding carboxylic acids is 1. The lowest BCUT2D eigenvalue weighted by molar-refractivity contribution is -0.385. The van der Waals surface area contributed by atoms with Crippen molar-refractivity contribution in [2.45, 2.75) is 13.8 Å². The monoisotopic (exact) mass is 277 g/mol. The first-order chi connectivity index (χ1) is 9.41. The lowest BCUT2D eigenvalue weighted by Gasteiger charge is -2.04. The van der Waals surface area contributed by atoms with E-state index in [0.717, 1.165) is 6.07 Å². The number of hydrogen-bond donors (Lipinski definition) is 2. The molecule has 1 aromatic heterocycles. The van der Waals surface area contributed by atoms with Crippen LogP contribution in [0.3, 0.4) is 0 Å². The SMILES string of the molecule is Cc1noc(NC(=O)c2cccc([N+](=O)[O-])c2O)c1C. The molecule has 0 radical (unpaired) electrons. The summed E-state index contributed by atoms with van der Waals surface area (Å²) in [5.41, 5.74) is 0.502. The van der Waals surface area contributed by atoms with Gasteiger partial charge in [-0.1, -0.05) is 11.2 Å². The largest absolute Gasteiger partial charge is 0.502 e. The van der Waals surface area contributed by atoms with E-state index >= 15 is 0 Å². The van der Waals surface area contributed by atoms with Crippen LogP contribution in [0, 0.1) is 24.0 Å². The van der Waals surface area contributed by atoms with Crippen molar-refractivity contribution in [3.05, 3.63) is 45.1 Å². The summed E-state index contributed by atoms with van der Waals surface area (Å²) in [6, 6.07) is 3.69. The number of carbonyl (C=O) groups is 1. The van der Waals surface area contributed by atoms with Gasteiger partial charge in [-0.15, -0.1) is 0 Å². The number of phenols is 1. The Hall–Kier alpha value is -2.90. The number of amides is 1. The molecule has 0 aliphatic carbocycles. The molecule has 0 bridgehead atoms. The van der Waals surface area contributed by atoms with Crippen LogP contribution in [-0.2, 0) is 0 Å². The topological polar surface area (TPSA) is 119 Å². The fraction of sp³-hybridized carbons (Fsp3) is 0.167. The van der Waals surface area contributed by atoms with Crippen molar-refractivity contribution in [1.82, 2.24) is 5.16 Å². The summed E-state index contributed by atoms with van der Waals surface area (Å²) in [5, 5.41) is 26.5. The molecule has 1 amide bonds. The van der Waals surface area contributed by atoms with E-state index in [0.29, 0.717) is 11.3 Å². The highest BCUT2D eigenvalue weighted by molar-refractivity contribution is 6.06. The Morgan fingerprint density at radius 1 is 1.45 bits per heavy atom. The van der Waals surface area contributed by atoms with Gasteiger partial charge in [-0.05, 0) is 19.9 Å². The number of rotatable bonds is 3. The van der Waals surface area contributed by atoms with Crippen LogP contribution in [0.25, 0.3) is 0 Å². The van der Waals surface area contributed by atoms with Crippen molar-refractivity contribution in [2.24, 2.45) is 0 Å². The molecule has 20 heavy (non-hydrogen) atoms. The number of para-hydroxylation sites is 1. The van der Waals surface area contributed by atoms with Gasteiger partial charge in [0.1, 0.15) is 0 Å². The van der Waals surface area contributed by atoms with Gasteiger partial charge in [0.05, 0.1) is 16.2 Å². The lowest BCUT2D eigenvalue weighted by Crippen LogP contribution is -2.12. The maximum Gasteiger partial charge on any atom is 0.311 e. The van der Waals surface area contributed by atoms with Crippen molar-refractivity contribution in [3.8, 4) is 5.75 Å². The number of aromatic nitrogens is 1. The molecule has 0 saturated carbocycles. The number of benzene rings is 1. The minimum absolute atomic E-state index is 0.137. The first-order valence-corrected chi connectivity index (χ1v) is 5.62. The molecular weight excluding hydrogens is 266 g/mol. The zero-order valence-electron chi connectivity index (χ0n) is 10.7. The molecule has 2 rings (SSSR count). The Morgan fingerprint density at radius 3 is 2.70 bits per heavy atom. The Morgan fingerprint density at radius 2 is 2.15 bits per heavy atom. The van der Waals surface area contributed by atoms with Gasteiger partial charge in [-0.2, -0.15) is 0 Å². The molecule has 0 unspecified atom stereocenters. The van der Waals surface area contributed by atoms with Gasteiger partial charge in [0, 0.05) is 11.6 Å². The quantitative estimate of drug-likeness (QED) is 0.655. The number of hydrogen-bond acceptors (Lipinski definition) is 6. The second kappa shape index (κ2) is 5.00. The van der Waals surface area contributed by atoms with Crippen molar-refractivity contribution < 1.29 is 19.3 Å². The smallest absolute Gasteiger partial charge is 0.311 e. The molecule has 1 heterocycles. The first kappa shape index (κ1) is 13.5. The van der Waals surface area contributed by atoms with Crippen LogP contribution < -0.4 is 5.32 Å². The molecule has 0 fully saturated rings. The summed E-state index contributed by atoms with van der Waals surface area (Å²) in [6.45, 7) is 3.41. The zero-order chi connectivity index (χ0) is 14.9. The summed E-state index contributed by atoms with van der Waals surface area (Å²) in [6.07, 6.45) is 0. The van der Waals surface area contributed by atoms with E-state index in [9.17, 15) is 20.0 Å². The van der Waals surface area contributed by atoms with Gasteiger partial charge < -0.3 is 9.63 Å². The fourth-order valence-electron chi connectivity index (χ4n) is 1.56. The Bertz CT molecular complexity index is 692. The van der Waals surface area contributed by atoms with Gasteiger partial charge in [-0.25, -0.2) is 0 Å². The number of nitrogens with zero attached hydrogens (tertiary/aromatic N) is 2. The van der Waals surface area contributed by atoms with Crippen LogP contribution in [0.1, 0.15) is 21.6 Å². The minimum atomic E-state index is -0.768. The molecule has 0 saturated heterocycles. The van der Waals surface area contributed by atoms with Crippen molar-refractivity contribution >= 4 is 17.5 Å². The summed E-state index contributed by atoms with van der Waals surface area (Å²) < 4.78 is 4.91. The Balaban J connectivity index is 2.33. The van der Waals surface area contributed by atoms with E-state index in [1.165, 1.54) is 12.1 Å². The standard InChI is InChI=1S/C12H11N3O5/c1-6-7(2)14-20-12(6)13-11(17)8-4-3-5-9(10(8)16)15(18)19/h3-5,16H,1-2H3,(H,13,17). The number of nitro benzene ring substituents is 1. The van der Waals surface area contributed by atoms with Crippen molar-refractivity contribution in [1.29, 1.82) is 0 Å². The highest BCUT2D eigenvalue weighted by Crippen LogP contribution is 2.30. The zero-order valence-corrected chi connectivity index (χ0v) is 10.7.